The number of thioether (sulfide) groups is 1. The Bertz CT molecular complexity index is 322. The quantitative estimate of drug-likeness (QED) is 0.652. The summed E-state index contributed by atoms with van der Waals surface area (Å²) in [7, 11) is 0. The average Bonchev–Trinajstić information content (AvgIpc) is 2.07. The van der Waals surface area contributed by atoms with E-state index in [2.05, 4.69) is 0 Å². The van der Waals surface area contributed by atoms with Gasteiger partial charge in [-0.2, -0.15) is 0 Å². The Morgan fingerprint density at radius 3 is 3.00 bits per heavy atom. The van der Waals surface area contributed by atoms with Gasteiger partial charge in [-0.3, -0.25) is 4.79 Å². The van der Waals surface area contributed by atoms with E-state index in [1.54, 1.807) is 0 Å². The van der Waals surface area contributed by atoms with E-state index in [0.717, 1.165) is 22.2 Å². The van der Waals surface area contributed by atoms with Crippen LogP contribution in [0.15, 0.2) is 29.2 Å². The van der Waals surface area contributed by atoms with Crippen molar-refractivity contribution in [3.63, 3.8) is 0 Å². The van der Waals surface area contributed by atoms with Crippen molar-refractivity contribution >= 4 is 16.9 Å². The highest BCUT2D eigenvalue weighted by Crippen LogP contribution is 2.30. The van der Waals surface area contributed by atoms with Crippen LogP contribution in [0, 0.1) is 0 Å². The van der Waals surface area contributed by atoms with Gasteiger partial charge in [-0.05, 0) is 23.4 Å². The molecule has 12 heavy (non-hydrogen) atoms. The predicted octanol–water partition coefficient (Wildman–Crippen LogP) is 1.22. The van der Waals surface area contributed by atoms with E-state index in [4.69, 9.17) is 0 Å². The van der Waals surface area contributed by atoms with Gasteiger partial charge in [0.05, 0.1) is 0 Å². The molecule has 0 saturated carbocycles. The van der Waals surface area contributed by atoms with Crippen LogP contribution < -0.4 is 0 Å². The molecule has 1 aliphatic rings. The topological polar surface area (TPSA) is 37.3 Å². The Kier molecular flexibility index (Phi) is 1.90. The lowest BCUT2D eigenvalue weighted by Crippen LogP contribution is -2.23. The monoisotopic (exact) mass is 180 g/mol. The molecule has 0 aromatic heterocycles. The maximum absolute atomic E-state index is 11.1. The first-order chi connectivity index (χ1) is 5.77. The zero-order chi connectivity index (χ0) is 8.55. The summed E-state index contributed by atoms with van der Waals surface area (Å²) in [6.07, 6.45) is -0.355. The fourth-order valence-electron chi connectivity index (χ4n) is 1.24. The minimum atomic E-state index is -0.815. The molecule has 0 bridgehead atoms. The van der Waals surface area contributed by atoms with Gasteiger partial charge in [0.2, 0.25) is 5.12 Å². The molecule has 2 rings (SSSR count). The van der Waals surface area contributed by atoms with Crippen LogP contribution in [0.2, 0.25) is 0 Å². The largest absolute Gasteiger partial charge is 0.384 e. The van der Waals surface area contributed by atoms with Gasteiger partial charge >= 0.3 is 0 Å². The minimum absolute atomic E-state index is 0.145. The number of carbonyl (C=O) groups excluding carboxylic acids is 1. The summed E-state index contributed by atoms with van der Waals surface area (Å²) in [5.74, 6) is 0. The summed E-state index contributed by atoms with van der Waals surface area (Å²) in [4.78, 5) is 12.0. The van der Waals surface area contributed by atoms with E-state index in [1.807, 2.05) is 24.3 Å². The fraction of sp³-hybridized carbons (Fsp3) is 0.222. The Morgan fingerprint density at radius 2 is 2.17 bits per heavy atom. The van der Waals surface area contributed by atoms with Crippen molar-refractivity contribution in [3.8, 4) is 0 Å². The SMILES string of the molecule is O=C1Sc2ccccc2CC1O. The lowest BCUT2D eigenvalue weighted by atomic mass is 10.1. The number of fused-ring (bicyclic) bond motifs is 1. The molecule has 0 fully saturated rings. The highest BCUT2D eigenvalue weighted by molar-refractivity contribution is 8.13. The lowest BCUT2D eigenvalue weighted by Gasteiger charge is -2.17. The zero-order valence-electron chi connectivity index (χ0n) is 6.36. The zero-order valence-corrected chi connectivity index (χ0v) is 7.17. The van der Waals surface area contributed by atoms with E-state index < -0.39 is 6.10 Å². The molecular weight excluding hydrogens is 172 g/mol. The van der Waals surface area contributed by atoms with Gasteiger partial charge in [0.25, 0.3) is 0 Å². The first-order valence-corrected chi connectivity index (χ1v) is 4.56. The van der Waals surface area contributed by atoms with Gasteiger partial charge in [0.15, 0.2) is 0 Å². The first-order valence-electron chi connectivity index (χ1n) is 3.75. The summed E-state index contributed by atoms with van der Waals surface area (Å²) in [5, 5.41) is 9.11. The highest BCUT2D eigenvalue weighted by atomic mass is 32.2. The van der Waals surface area contributed by atoms with E-state index >= 15 is 0 Å². The third-order valence-electron chi connectivity index (χ3n) is 1.87. The highest BCUT2D eigenvalue weighted by Gasteiger charge is 2.24. The molecule has 1 N–H and O–H groups in total. The number of benzene rings is 1. The molecule has 2 nitrogen and oxygen atoms in total. The Hall–Kier alpha value is -0.800. The van der Waals surface area contributed by atoms with E-state index in [9.17, 15) is 9.90 Å². The number of rotatable bonds is 0. The summed E-state index contributed by atoms with van der Waals surface area (Å²) < 4.78 is 0. The summed E-state index contributed by atoms with van der Waals surface area (Å²) in [5.41, 5.74) is 1.06. The van der Waals surface area contributed by atoms with Crippen molar-refractivity contribution in [3.05, 3.63) is 29.8 Å². The fourth-order valence-corrected chi connectivity index (χ4v) is 2.11. The molecule has 3 heteroatoms. The van der Waals surface area contributed by atoms with Crippen molar-refractivity contribution in [1.29, 1.82) is 0 Å². The van der Waals surface area contributed by atoms with E-state index in [1.165, 1.54) is 0 Å². The van der Waals surface area contributed by atoms with Crippen LogP contribution in [0.4, 0.5) is 0 Å². The third-order valence-corrected chi connectivity index (χ3v) is 2.96. The molecule has 0 saturated heterocycles. The van der Waals surface area contributed by atoms with Gasteiger partial charge < -0.3 is 5.11 Å². The summed E-state index contributed by atoms with van der Waals surface area (Å²) in [6, 6.07) is 7.67. The maximum Gasteiger partial charge on any atom is 0.222 e. The van der Waals surface area contributed by atoms with Crippen LogP contribution in [-0.2, 0) is 11.2 Å². The normalized spacial score (nSPS) is 22.1. The standard InChI is InChI=1S/C9H8O2S/c10-7-5-6-3-1-2-4-8(6)12-9(7)11/h1-4,7,10H,5H2. The molecule has 1 aromatic rings. The second-order valence-electron chi connectivity index (χ2n) is 2.75. The van der Waals surface area contributed by atoms with Crippen LogP contribution in [0.25, 0.3) is 0 Å². The minimum Gasteiger partial charge on any atom is -0.384 e. The van der Waals surface area contributed by atoms with Crippen molar-refractivity contribution in [1.82, 2.24) is 0 Å². The molecule has 0 amide bonds. The van der Waals surface area contributed by atoms with Crippen LogP contribution in [0.1, 0.15) is 5.56 Å². The maximum atomic E-state index is 11.1. The first kappa shape index (κ1) is 7.83. The van der Waals surface area contributed by atoms with Gasteiger partial charge in [0.1, 0.15) is 6.10 Å². The van der Waals surface area contributed by atoms with Crippen molar-refractivity contribution in [2.75, 3.05) is 0 Å². The van der Waals surface area contributed by atoms with Crippen molar-refractivity contribution < 1.29 is 9.90 Å². The molecule has 1 unspecified atom stereocenters. The van der Waals surface area contributed by atoms with E-state index in [-0.39, 0.29) is 5.12 Å². The van der Waals surface area contributed by atoms with Crippen molar-refractivity contribution in [2.24, 2.45) is 0 Å². The molecule has 1 atom stereocenters. The molecule has 62 valence electrons. The molecule has 1 heterocycles. The van der Waals surface area contributed by atoms with Gasteiger partial charge in [-0.1, -0.05) is 18.2 Å². The number of hydrogen-bond donors (Lipinski definition) is 1. The van der Waals surface area contributed by atoms with E-state index in [0.29, 0.717) is 6.42 Å². The van der Waals surface area contributed by atoms with Crippen LogP contribution in [-0.4, -0.2) is 16.3 Å². The molecule has 1 aliphatic heterocycles. The molecule has 1 aromatic carbocycles. The molecule has 0 spiro atoms. The number of aliphatic hydroxyl groups is 1. The van der Waals surface area contributed by atoms with Gasteiger partial charge in [-0.25, -0.2) is 0 Å². The number of hydrogen-bond acceptors (Lipinski definition) is 3. The second kappa shape index (κ2) is 2.92. The predicted molar refractivity (Wildman–Crippen MR) is 47.0 cm³/mol. The third kappa shape index (κ3) is 1.26. The Balaban J connectivity index is 2.40. The summed E-state index contributed by atoms with van der Waals surface area (Å²) in [6.45, 7) is 0. The summed E-state index contributed by atoms with van der Waals surface area (Å²) >= 11 is 1.13. The molecule has 0 aliphatic carbocycles. The van der Waals surface area contributed by atoms with Crippen LogP contribution in [0.3, 0.4) is 0 Å². The molecular formula is C9H8O2S. The van der Waals surface area contributed by atoms with Gasteiger partial charge in [-0.15, -0.1) is 0 Å². The second-order valence-corrected chi connectivity index (χ2v) is 3.80. The Morgan fingerprint density at radius 1 is 1.42 bits per heavy atom. The smallest absolute Gasteiger partial charge is 0.222 e. The lowest BCUT2D eigenvalue weighted by molar-refractivity contribution is -0.118. The van der Waals surface area contributed by atoms with Crippen LogP contribution >= 0.6 is 11.8 Å². The van der Waals surface area contributed by atoms with Gasteiger partial charge in [0, 0.05) is 11.3 Å². The average molecular weight is 180 g/mol. The van der Waals surface area contributed by atoms with Crippen LogP contribution in [0.5, 0.6) is 0 Å². The Labute approximate surface area is 74.6 Å². The number of aliphatic hydroxyl groups excluding tert-OH is 1. The number of carbonyl (C=O) groups is 1. The molecule has 0 radical (unpaired) electrons. The van der Waals surface area contributed by atoms with Crippen molar-refractivity contribution in [2.45, 2.75) is 17.4 Å².